The number of benzene rings is 4. The normalized spacial score (nSPS) is 18.1. The Balaban J connectivity index is 0.639. The Labute approximate surface area is 446 Å². The van der Waals surface area contributed by atoms with Gasteiger partial charge >= 0.3 is 5.97 Å². The second-order valence-electron chi connectivity index (χ2n) is 19.8. The minimum atomic E-state index is -1.15. The quantitative estimate of drug-likeness (QED) is 0.0912. The molecule has 0 saturated carbocycles. The number of nitrogens with one attached hydrogen (secondary N) is 2. The molecule has 0 spiro atoms. The molecule has 0 radical (unpaired) electrons. The zero-order chi connectivity index (χ0) is 53.5. The molecule has 6 aromatic rings. The molecular weight excluding hydrogens is 1010 g/mol. The lowest BCUT2D eigenvalue weighted by atomic mass is 9.94. The first-order valence-electron chi connectivity index (χ1n) is 25.8. The van der Waals surface area contributed by atoms with Crippen molar-refractivity contribution < 1.29 is 47.8 Å². The number of aromatic carboxylic acids is 1. The van der Waals surface area contributed by atoms with Gasteiger partial charge in [0.15, 0.2) is 10.8 Å². The zero-order valence-corrected chi connectivity index (χ0v) is 43.1. The lowest BCUT2D eigenvalue weighted by molar-refractivity contribution is -0.136. The standard InChI is InChI=1S/C56H55FN10O9S/c1-33-35(36-13-15-47(59-50(36)55(74)75)66-19-17-34-7-4-9-37(40(34)31-66)51(70)61-56-58-42-10-2-3-12-46(42)77-56)8-5-11-45(33)76-28-6-18-62-20-22-63(23-21-62)32-49(69)65-26-24-64(25-27-65)44-30-39-38(29-41(44)57)53(72)67(54(39)73)43-14-16-48(68)60-52(43)71/h2-5,7-13,15,29-30,43H,6,14,16-28,31-32H2,1H3,(H,74,75)(H,58,61,70)(H,60,68,71). The van der Waals surface area contributed by atoms with Crippen LogP contribution in [0.2, 0.25) is 0 Å². The number of imide groups is 2. The third kappa shape index (κ3) is 10.3. The Bertz CT molecular complexity index is 3360. The van der Waals surface area contributed by atoms with Gasteiger partial charge in [-0.15, -0.1) is 0 Å². The molecule has 3 N–H and O–H groups in total. The Morgan fingerprint density at radius 3 is 2.31 bits per heavy atom. The van der Waals surface area contributed by atoms with Crippen LogP contribution in [0.3, 0.4) is 0 Å². The Morgan fingerprint density at radius 2 is 1.55 bits per heavy atom. The molecule has 5 aliphatic heterocycles. The number of pyridine rings is 1. The van der Waals surface area contributed by atoms with Gasteiger partial charge in [-0.1, -0.05) is 47.7 Å². The highest BCUT2D eigenvalue weighted by Gasteiger charge is 2.45. The minimum Gasteiger partial charge on any atom is -0.493 e. The average molecular weight is 1060 g/mol. The van der Waals surface area contributed by atoms with Crippen molar-refractivity contribution in [2.45, 2.75) is 45.2 Å². The highest BCUT2D eigenvalue weighted by atomic mass is 32.1. The number of piperidine rings is 1. The van der Waals surface area contributed by atoms with Gasteiger partial charge in [0.2, 0.25) is 17.7 Å². The van der Waals surface area contributed by atoms with Gasteiger partial charge in [-0.2, -0.15) is 0 Å². The molecule has 4 aromatic carbocycles. The van der Waals surface area contributed by atoms with Crippen molar-refractivity contribution in [1.29, 1.82) is 0 Å². The number of nitrogens with zero attached hydrogens (tertiary/aromatic N) is 8. The molecule has 11 rings (SSSR count). The number of carboxylic acid groups (broad SMARTS) is 1. The van der Waals surface area contributed by atoms with E-state index in [1.807, 2.05) is 72.5 Å². The molecule has 77 heavy (non-hydrogen) atoms. The molecule has 396 valence electrons. The van der Waals surface area contributed by atoms with E-state index in [-0.39, 0.29) is 53.7 Å². The van der Waals surface area contributed by atoms with Crippen molar-refractivity contribution in [1.82, 2.24) is 34.9 Å². The summed E-state index contributed by atoms with van der Waals surface area (Å²) < 4.78 is 22.8. The van der Waals surface area contributed by atoms with Gasteiger partial charge in [0.05, 0.1) is 40.2 Å². The van der Waals surface area contributed by atoms with Gasteiger partial charge in [-0.05, 0) is 97.0 Å². The Morgan fingerprint density at radius 1 is 0.792 bits per heavy atom. The molecule has 1 atom stereocenters. The third-order valence-corrected chi connectivity index (χ3v) is 16.1. The van der Waals surface area contributed by atoms with E-state index < -0.39 is 41.5 Å². The molecule has 5 aliphatic rings. The van der Waals surface area contributed by atoms with E-state index in [1.54, 1.807) is 21.9 Å². The minimum absolute atomic E-state index is 0.0000470. The van der Waals surface area contributed by atoms with Crippen molar-refractivity contribution in [3.05, 3.63) is 130 Å². The molecule has 19 nitrogen and oxygen atoms in total. The summed E-state index contributed by atoms with van der Waals surface area (Å²) >= 11 is 1.41. The lowest BCUT2D eigenvalue weighted by Gasteiger charge is -2.38. The number of para-hydroxylation sites is 1. The number of carbonyl (C=O) groups is 7. The fourth-order valence-electron chi connectivity index (χ4n) is 11.0. The highest BCUT2D eigenvalue weighted by molar-refractivity contribution is 7.22. The van der Waals surface area contributed by atoms with Crippen LogP contribution in [0.4, 0.5) is 21.0 Å². The maximum Gasteiger partial charge on any atom is 0.355 e. The van der Waals surface area contributed by atoms with Crippen LogP contribution in [0.15, 0.2) is 84.9 Å². The van der Waals surface area contributed by atoms with E-state index in [0.717, 1.165) is 63.9 Å². The Kier molecular flexibility index (Phi) is 14.2. The zero-order valence-electron chi connectivity index (χ0n) is 42.3. The number of piperazine rings is 2. The number of hydrogen-bond donors (Lipinski definition) is 3. The van der Waals surface area contributed by atoms with E-state index in [2.05, 4.69) is 25.4 Å². The number of hydrogen-bond acceptors (Lipinski definition) is 15. The van der Waals surface area contributed by atoms with Crippen LogP contribution in [-0.4, -0.2) is 161 Å². The fourth-order valence-corrected chi connectivity index (χ4v) is 11.9. The van der Waals surface area contributed by atoms with E-state index >= 15 is 4.39 Å². The van der Waals surface area contributed by atoms with Crippen molar-refractivity contribution in [3.63, 3.8) is 0 Å². The molecule has 7 heterocycles. The number of anilines is 3. The number of thiazole rings is 1. The summed E-state index contributed by atoms with van der Waals surface area (Å²) in [5, 5.41) is 16.1. The maximum absolute atomic E-state index is 15.5. The van der Waals surface area contributed by atoms with Crippen LogP contribution >= 0.6 is 11.3 Å². The topological polar surface area (TPSA) is 218 Å². The van der Waals surface area contributed by atoms with Crippen molar-refractivity contribution in [3.8, 4) is 16.9 Å². The number of halogens is 1. The maximum atomic E-state index is 15.5. The number of carbonyl (C=O) groups excluding carboxylic acids is 6. The number of rotatable bonds is 14. The number of aromatic nitrogens is 2. The summed E-state index contributed by atoms with van der Waals surface area (Å²) in [5.41, 5.74) is 5.19. The predicted octanol–water partition coefficient (Wildman–Crippen LogP) is 5.46. The van der Waals surface area contributed by atoms with Crippen LogP contribution in [-0.2, 0) is 27.3 Å². The van der Waals surface area contributed by atoms with Crippen molar-refractivity contribution in [2.24, 2.45) is 0 Å². The number of amides is 6. The van der Waals surface area contributed by atoms with Gasteiger partial charge in [0.1, 0.15) is 23.4 Å². The number of fused-ring (bicyclic) bond motifs is 3. The molecule has 1 unspecified atom stereocenters. The lowest BCUT2D eigenvalue weighted by Crippen LogP contribution is -2.54. The van der Waals surface area contributed by atoms with Crippen molar-refractivity contribution >= 4 is 79.6 Å². The summed E-state index contributed by atoms with van der Waals surface area (Å²) in [6, 6.07) is 23.9. The molecule has 3 fully saturated rings. The molecule has 6 amide bonds. The van der Waals surface area contributed by atoms with Gasteiger partial charge in [0, 0.05) is 89.5 Å². The van der Waals surface area contributed by atoms with E-state index in [0.29, 0.717) is 98.8 Å². The predicted molar refractivity (Wildman–Crippen MR) is 285 cm³/mol. The van der Waals surface area contributed by atoms with Crippen LogP contribution in [0, 0.1) is 12.7 Å². The summed E-state index contributed by atoms with van der Waals surface area (Å²) in [4.78, 5) is 111. The smallest absolute Gasteiger partial charge is 0.355 e. The first-order chi connectivity index (χ1) is 37.3. The largest absolute Gasteiger partial charge is 0.493 e. The molecule has 0 bridgehead atoms. The van der Waals surface area contributed by atoms with Gasteiger partial charge in [-0.3, -0.25) is 49.2 Å². The summed E-state index contributed by atoms with van der Waals surface area (Å²) in [6.07, 6.45) is 1.39. The molecule has 2 aromatic heterocycles. The summed E-state index contributed by atoms with van der Waals surface area (Å²) in [7, 11) is 0. The van der Waals surface area contributed by atoms with Crippen LogP contribution in [0.5, 0.6) is 5.75 Å². The first-order valence-corrected chi connectivity index (χ1v) is 26.6. The summed E-state index contributed by atoms with van der Waals surface area (Å²) in [6.45, 7) is 8.71. The Hall–Kier alpha value is -8.14. The molecular formula is C56H55FN10O9S. The molecule has 3 saturated heterocycles. The van der Waals surface area contributed by atoms with Crippen LogP contribution < -0.4 is 25.2 Å². The van der Waals surface area contributed by atoms with E-state index in [1.165, 1.54) is 17.4 Å². The first kappa shape index (κ1) is 51.0. The van der Waals surface area contributed by atoms with E-state index in [9.17, 15) is 38.7 Å². The van der Waals surface area contributed by atoms with E-state index in [4.69, 9.17) is 9.72 Å². The third-order valence-electron chi connectivity index (χ3n) is 15.2. The summed E-state index contributed by atoms with van der Waals surface area (Å²) in [5.74, 6) is -3.65. The SMILES string of the molecule is Cc1c(OCCCN2CCN(CC(=O)N3CCN(c4cc5c(cc4F)C(=O)N(C4CCC(=O)NC4=O)C5=O)CC3)CC2)cccc1-c1ccc(N2CCc3cccc(C(=O)Nc4nc5ccccc5s4)c3C2)nc1C(=O)O. The average Bonchev–Trinajstić information content (AvgIpc) is 4.08. The second-order valence-corrected chi connectivity index (χ2v) is 20.9. The van der Waals surface area contributed by atoms with Gasteiger partial charge < -0.3 is 29.4 Å². The highest BCUT2D eigenvalue weighted by Crippen LogP contribution is 2.36. The number of ether oxygens (including phenoxy) is 1. The fraction of sp³-hybridized carbons (Fsp3) is 0.339. The second kappa shape index (κ2) is 21.5. The van der Waals surface area contributed by atoms with Gasteiger partial charge in [0.25, 0.3) is 17.7 Å². The van der Waals surface area contributed by atoms with Crippen LogP contribution in [0.25, 0.3) is 21.3 Å². The van der Waals surface area contributed by atoms with Crippen molar-refractivity contribution in [2.75, 3.05) is 93.7 Å². The van der Waals surface area contributed by atoms with Crippen LogP contribution in [0.1, 0.15) is 77.5 Å². The molecule has 0 aliphatic carbocycles. The molecule has 21 heteroatoms. The number of carboxylic acids is 1. The van der Waals surface area contributed by atoms with Gasteiger partial charge in [-0.25, -0.2) is 19.2 Å². The monoisotopic (exact) mass is 1060 g/mol.